The number of carbonyl (C=O) groups excluding carboxylic acids is 1. The molecule has 5 rings (SSSR count). The third-order valence-corrected chi connectivity index (χ3v) is 8.21. The highest BCUT2D eigenvalue weighted by atomic mass is 32.1. The van der Waals surface area contributed by atoms with E-state index in [-0.39, 0.29) is 5.78 Å². The number of ketones is 1. The number of aromatic nitrogens is 4. The van der Waals surface area contributed by atoms with Gasteiger partial charge in [-0.15, -0.1) is 11.3 Å². The van der Waals surface area contributed by atoms with Crippen LogP contribution in [0.5, 0.6) is 0 Å². The SMILES string of the molecule is Cc1ccc(-c2sc(-c3[nH]nc4c(C)cccc34)nc2C(=O)CCC2CC[C@H](N(C)C)C2)cn1. The van der Waals surface area contributed by atoms with Gasteiger partial charge in [0.25, 0.3) is 0 Å². The zero-order valence-electron chi connectivity index (χ0n) is 20.3. The molecule has 1 unspecified atom stereocenters. The van der Waals surface area contributed by atoms with Crippen LogP contribution in [0.2, 0.25) is 0 Å². The standard InChI is InChI=1S/C27H31N5OS/c1-16-6-5-7-21-23(16)30-31-24(21)27-29-25(26(34-27)19-11-8-17(2)28-15-19)22(33)13-10-18-9-12-20(14-18)32(3)4/h5-8,11,15,18,20H,9-10,12-14H2,1-4H3,(H,30,31)/t18?,20-/m0/s1. The van der Waals surface area contributed by atoms with E-state index in [0.29, 0.717) is 24.1 Å². The third kappa shape index (κ3) is 4.42. The zero-order valence-corrected chi connectivity index (χ0v) is 21.1. The second kappa shape index (κ2) is 9.39. The van der Waals surface area contributed by atoms with Gasteiger partial charge in [-0.3, -0.25) is 14.9 Å². The van der Waals surface area contributed by atoms with Crippen molar-refractivity contribution in [3.63, 3.8) is 0 Å². The van der Waals surface area contributed by atoms with Crippen molar-refractivity contribution in [3.05, 3.63) is 53.5 Å². The van der Waals surface area contributed by atoms with E-state index >= 15 is 0 Å². The first-order valence-electron chi connectivity index (χ1n) is 12.0. The fraction of sp³-hybridized carbons (Fsp3) is 0.407. The molecular weight excluding hydrogens is 442 g/mol. The fourth-order valence-electron chi connectivity index (χ4n) is 4.99. The van der Waals surface area contributed by atoms with Gasteiger partial charge in [-0.1, -0.05) is 24.3 Å². The van der Waals surface area contributed by atoms with Crippen LogP contribution in [0.4, 0.5) is 0 Å². The van der Waals surface area contributed by atoms with E-state index < -0.39 is 0 Å². The molecule has 1 aromatic carbocycles. The van der Waals surface area contributed by atoms with E-state index in [4.69, 9.17) is 4.98 Å². The van der Waals surface area contributed by atoms with E-state index in [1.807, 2.05) is 31.3 Å². The molecule has 0 saturated heterocycles. The first kappa shape index (κ1) is 22.9. The molecule has 1 aliphatic rings. The Balaban J connectivity index is 1.46. The van der Waals surface area contributed by atoms with E-state index in [9.17, 15) is 4.79 Å². The van der Waals surface area contributed by atoms with Crippen molar-refractivity contribution >= 4 is 28.0 Å². The summed E-state index contributed by atoms with van der Waals surface area (Å²) >= 11 is 1.54. The van der Waals surface area contributed by atoms with Crippen molar-refractivity contribution in [3.8, 4) is 21.1 Å². The van der Waals surface area contributed by atoms with E-state index in [2.05, 4.69) is 53.2 Å². The van der Waals surface area contributed by atoms with E-state index in [1.54, 1.807) is 0 Å². The van der Waals surface area contributed by atoms with Gasteiger partial charge in [0.15, 0.2) is 5.78 Å². The smallest absolute Gasteiger partial charge is 0.182 e. The van der Waals surface area contributed by atoms with Crippen molar-refractivity contribution in [1.29, 1.82) is 0 Å². The summed E-state index contributed by atoms with van der Waals surface area (Å²) in [7, 11) is 4.30. The molecule has 1 aliphatic carbocycles. The molecule has 1 N–H and O–H groups in total. The Labute approximate surface area is 204 Å². The van der Waals surface area contributed by atoms with Crippen molar-refractivity contribution in [2.75, 3.05) is 14.1 Å². The fourth-order valence-corrected chi connectivity index (χ4v) is 6.07. The number of carbonyl (C=O) groups is 1. The van der Waals surface area contributed by atoms with E-state index in [1.165, 1.54) is 30.6 Å². The summed E-state index contributed by atoms with van der Waals surface area (Å²) in [6, 6.07) is 10.8. The maximum atomic E-state index is 13.5. The summed E-state index contributed by atoms with van der Waals surface area (Å²) in [6.45, 7) is 4.02. The predicted octanol–water partition coefficient (Wildman–Crippen LogP) is 6.06. The zero-order chi connectivity index (χ0) is 23.8. The normalized spacial score (nSPS) is 18.3. The Kier molecular flexibility index (Phi) is 6.32. The lowest BCUT2D eigenvalue weighted by atomic mass is 9.98. The maximum absolute atomic E-state index is 13.5. The largest absolute Gasteiger partial charge is 0.306 e. The van der Waals surface area contributed by atoms with Crippen LogP contribution in [0.1, 0.15) is 53.8 Å². The number of para-hydroxylation sites is 1. The van der Waals surface area contributed by atoms with Crippen LogP contribution < -0.4 is 0 Å². The molecule has 3 heterocycles. The predicted molar refractivity (Wildman–Crippen MR) is 138 cm³/mol. The minimum absolute atomic E-state index is 0.117. The number of aryl methyl sites for hydroxylation is 2. The molecule has 0 aliphatic heterocycles. The van der Waals surface area contributed by atoms with Gasteiger partial charge in [-0.25, -0.2) is 4.98 Å². The number of aromatic amines is 1. The number of nitrogens with zero attached hydrogens (tertiary/aromatic N) is 4. The van der Waals surface area contributed by atoms with Crippen molar-refractivity contribution in [1.82, 2.24) is 25.1 Å². The molecule has 7 heteroatoms. The van der Waals surface area contributed by atoms with Gasteiger partial charge >= 0.3 is 0 Å². The highest BCUT2D eigenvalue weighted by Crippen LogP contribution is 2.39. The number of thiazole rings is 1. The number of H-pyrrole nitrogens is 1. The molecule has 0 spiro atoms. The van der Waals surface area contributed by atoms with Crippen molar-refractivity contribution in [2.24, 2.45) is 5.92 Å². The average molecular weight is 474 g/mol. The van der Waals surface area contributed by atoms with Gasteiger partial charge in [0.05, 0.1) is 10.4 Å². The van der Waals surface area contributed by atoms with Crippen LogP contribution in [0.3, 0.4) is 0 Å². The summed E-state index contributed by atoms with van der Waals surface area (Å²) in [4.78, 5) is 26.0. The molecule has 1 fully saturated rings. The monoisotopic (exact) mass is 473 g/mol. The summed E-state index contributed by atoms with van der Waals surface area (Å²) < 4.78 is 0. The number of fused-ring (bicyclic) bond motifs is 1. The van der Waals surface area contributed by atoms with Crippen LogP contribution in [-0.4, -0.2) is 51.0 Å². The Hall–Kier alpha value is -2.90. The van der Waals surface area contributed by atoms with Crippen LogP contribution in [0.25, 0.3) is 32.0 Å². The van der Waals surface area contributed by atoms with Crippen LogP contribution in [0, 0.1) is 19.8 Å². The lowest BCUT2D eigenvalue weighted by Gasteiger charge is -2.18. The van der Waals surface area contributed by atoms with E-state index in [0.717, 1.165) is 49.7 Å². The summed E-state index contributed by atoms with van der Waals surface area (Å²) in [5.74, 6) is 0.727. The topological polar surface area (TPSA) is 74.8 Å². The number of hydrogen-bond donors (Lipinski definition) is 1. The molecule has 176 valence electrons. The Morgan fingerprint density at radius 3 is 2.76 bits per heavy atom. The van der Waals surface area contributed by atoms with Gasteiger partial charge in [-0.2, -0.15) is 5.10 Å². The molecular formula is C27H31N5OS. The number of hydrogen-bond acceptors (Lipinski definition) is 6. The van der Waals surface area contributed by atoms with Gasteiger partial charge in [-0.05, 0) is 71.2 Å². The van der Waals surface area contributed by atoms with Gasteiger partial charge in [0, 0.05) is 35.3 Å². The molecule has 0 radical (unpaired) electrons. The Morgan fingerprint density at radius 2 is 2.03 bits per heavy atom. The second-order valence-electron chi connectivity index (χ2n) is 9.71. The molecule has 6 nitrogen and oxygen atoms in total. The van der Waals surface area contributed by atoms with Gasteiger partial charge < -0.3 is 4.90 Å². The molecule has 34 heavy (non-hydrogen) atoms. The van der Waals surface area contributed by atoms with Gasteiger partial charge in [0.1, 0.15) is 16.4 Å². The molecule has 0 bridgehead atoms. The molecule has 3 aromatic heterocycles. The third-order valence-electron chi connectivity index (χ3n) is 7.09. The lowest BCUT2D eigenvalue weighted by molar-refractivity contribution is 0.0970. The van der Waals surface area contributed by atoms with Crippen LogP contribution in [-0.2, 0) is 0 Å². The lowest BCUT2D eigenvalue weighted by Crippen LogP contribution is -2.24. The molecule has 1 saturated carbocycles. The first-order valence-corrected chi connectivity index (χ1v) is 12.8. The summed E-state index contributed by atoms with van der Waals surface area (Å²) in [5, 5.41) is 9.50. The van der Waals surface area contributed by atoms with Crippen LogP contribution >= 0.6 is 11.3 Å². The number of benzene rings is 1. The van der Waals surface area contributed by atoms with Crippen molar-refractivity contribution < 1.29 is 4.79 Å². The average Bonchev–Trinajstić information content (AvgIpc) is 3.56. The quantitative estimate of drug-likeness (QED) is 0.330. The van der Waals surface area contributed by atoms with Crippen LogP contribution in [0.15, 0.2) is 36.5 Å². The Morgan fingerprint density at radius 1 is 1.18 bits per heavy atom. The number of Topliss-reactive ketones (excluding diaryl/α,β-unsaturated/α-hetero) is 1. The molecule has 2 atom stereocenters. The van der Waals surface area contributed by atoms with Gasteiger partial charge in [0.2, 0.25) is 0 Å². The minimum Gasteiger partial charge on any atom is -0.306 e. The number of pyridine rings is 1. The Bertz CT molecular complexity index is 1320. The number of nitrogens with one attached hydrogen (secondary N) is 1. The van der Waals surface area contributed by atoms with Crippen molar-refractivity contribution in [2.45, 2.75) is 52.0 Å². The molecule has 0 amide bonds. The summed E-state index contributed by atoms with van der Waals surface area (Å²) in [5.41, 5.74) is 5.37. The summed E-state index contributed by atoms with van der Waals surface area (Å²) in [6.07, 6.45) is 6.90. The number of rotatable bonds is 7. The highest BCUT2D eigenvalue weighted by Gasteiger charge is 2.28. The maximum Gasteiger partial charge on any atom is 0.182 e. The minimum atomic E-state index is 0.117. The highest BCUT2D eigenvalue weighted by molar-refractivity contribution is 7.18. The first-order chi connectivity index (χ1) is 16.4. The molecule has 4 aromatic rings. The second-order valence-corrected chi connectivity index (χ2v) is 10.7.